The van der Waals surface area contributed by atoms with E-state index >= 15 is 0 Å². The number of aromatic nitrogens is 3. The summed E-state index contributed by atoms with van der Waals surface area (Å²) in [7, 11) is 0. The number of phenols is 1. The Morgan fingerprint density at radius 3 is 2.73 bits per heavy atom. The minimum absolute atomic E-state index is 0.252. The molecule has 0 amide bonds. The summed E-state index contributed by atoms with van der Waals surface area (Å²) in [5, 5.41) is 14.2. The predicted octanol–water partition coefficient (Wildman–Crippen LogP) is 2.08. The van der Waals surface area contributed by atoms with E-state index in [2.05, 4.69) is 17.0 Å². The Morgan fingerprint density at radius 1 is 1.33 bits per heavy atom. The summed E-state index contributed by atoms with van der Waals surface area (Å²) in [5.74, 6) is 1.21. The van der Waals surface area contributed by atoms with E-state index in [-0.39, 0.29) is 5.75 Å². The van der Waals surface area contributed by atoms with Crippen LogP contribution in [0.3, 0.4) is 0 Å². The molecule has 0 saturated carbocycles. The van der Waals surface area contributed by atoms with Crippen LogP contribution in [0, 0.1) is 0 Å². The van der Waals surface area contributed by atoms with Crippen molar-refractivity contribution < 1.29 is 5.11 Å². The van der Waals surface area contributed by atoms with Gasteiger partial charge in [0, 0.05) is 0 Å². The van der Waals surface area contributed by atoms with Crippen molar-refractivity contribution in [2.45, 2.75) is 12.1 Å². The molecule has 0 atom stereocenters. The molecule has 15 heavy (non-hydrogen) atoms. The second kappa shape index (κ2) is 4.35. The summed E-state index contributed by atoms with van der Waals surface area (Å²) in [6, 6.07) is 6.85. The molecule has 0 aliphatic rings. The highest BCUT2D eigenvalue weighted by Gasteiger charge is 2.01. The molecule has 0 spiro atoms. The Hall–Kier alpha value is -1.49. The molecule has 1 heterocycles. The highest BCUT2D eigenvalue weighted by molar-refractivity contribution is 7.99. The second-order valence-corrected chi connectivity index (χ2v) is 4.15. The minimum atomic E-state index is 0.252. The fraction of sp³-hybridized carbons (Fsp3) is 0.200. The van der Waals surface area contributed by atoms with Gasteiger partial charge in [-0.1, -0.05) is 18.7 Å². The molecule has 2 aromatic rings. The van der Waals surface area contributed by atoms with Crippen molar-refractivity contribution in [3.63, 3.8) is 0 Å². The lowest BCUT2D eigenvalue weighted by Gasteiger charge is -1.99. The molecule has 0 saturated heterocycles. The predicted molar refractivity (Wildman–Crippen MR) is 59.4 cm³/mol. The zero-order valence-corrected chi connectivity index (χ0v) is 9.11. The van der Waals surface area contributed by atoms with Gasteiger partial charge in [-0.2, -0.15) is 0 Å². The molecule has 2 rings (SSSR count). The molecule has 1 N–H and O–H groups in total. The van der Waals surface area contributed by atoms with Gasteiger partial charge in [0.25, 0.3) is 0 Å². The smallest absolute Gasteiger partial charge is 0.208 e. The maximum Gasteiger partial charge on any atom is 0.208 e. The fourth-order valence-electron chi connectivity index (χ4n) is 1.17. The SMILES string of the molecule is CCSc1ncn(-c2ccc(O)cc2)n1. The van der Waals surface area contributed by atoms with Gasteiger partial charge in [-0.3, -0.25) is 0 Å². The van der Waals surface area contributed by atoms with E-state index in [0.29, 0.717) is 0 Å². The second-order valence-electron chi connectivity index (χ2n) is 2.92. The van der Waals surface area contributed by atoms with E-state index < -0.39 is 0 Å². The lowest BCUT2D eigenvalue weighted by atomic mass is 10.3. The zero-order valence-electron chi connectivity index (χ0n) is 8.29. The number of rotatable bonds is 3. The Kier molecular flexibility index (Phi) is 2.91. The Labute approximate surface area is 92.0 Å². The first-order valence-electron chi connectivity index (χ1n) is 4.63. The molecule has 0 aliphatic carbocycles. The maximum atomic E-state index is 9.14. The third-order valence-electron chi connectivity index (χ3n) is 1.86. The van der Waals surface area contributed by atoms with E-state index in [1.165, 1.54) is 0 Å². The first kappa shape index (κ1) is 10.0. The molecule has 1 aromatic heterocycles. The Morgan fingerprint density at radius 2 is 2.07 bits per heavy atom. The Bertz CT molecular complexity index is 438. The molecule has 0 fully saturated rings. The third kappa shape index (κ3) is 2.30. The van der Waals surface area contributed by atoms with E-state index in [1.54, 1.807) is 47.0 Å². The number of phenolic OH excluding ortho intramolecular Hbond substituents is 1. The molecule has 5 heteroatoms. The summed E-state index contributed by atoms with van der Waals surface area (Å²) in [4.78, 5) is 4.16. The quantitative estimate of drug-likeness (QED) is 0.806. The van der Waals surface area contributed by atoms with Gasteiger partial charge in [0.05, 0.1) is 5.69 Å². The van der Waals surface area contributed by atoms with Crippen molar-refractivity contribution in [3.8, 4) is 11.4 Å². The number of hydrogen-bond acceptors (Lipinski definition) is 4. The van der Waals surface area contributed by atoms with Crippen LogP contribution in [0.15, 0.2) is 35.7 Å². The van der Waals surface area contributed by atoms with Crippen LogP contribution in [0.5, 0.6) is 5.75 Å². The van der Waals surface area contributed by atoms with E-state index in [9.17, 15) is 0 Å². The molecular formula is C10H11N3OS. The van der Waals surface area contributed by atoms with Gasteiger partial charge >= 0.3 is 0 Å². The van der Waals surface area contributed by atoms with E-state index in [1.807, 2.05) is 0 Å². The van der Waals surface area contributed by atoms with Crippen LogP contribution < -0.4 is 0 Å². The minimum Gasteiger partial charge on any atom is -0.508 e. The van der Waals surface area contributed by atoms with Crippen molar-refractivity contribution in [2.24, 2.45) is 0 Å². The van der Waals surface area contributed by atoms with Gasteiger partial charge < -0.3 is 5.11 Å². The normalized spacial score (nSPS) is 10.5. The van der Waals surface area contributed by atoms with Crippen molar-refractivity contribution >= 4 is 11.8 Å². The van der Waals surface area contributed by atoms with Crippen LogP contribution in [0.4, 0.5) is 0 Å². The number of benzene rings is 1. The topological polar surface area (TPSA) is 50.9 Å². The Balaban J connectivity index is 2.25. The van der Waals surface area contributed by atoms with E-state index in [0.717, 1.165) is 16.6 Å². The summed E-state index contributed by atoms with van der Waals surface area (Å²) in [6.45, 7) is 2.06. The van der Waals surface area contributed by atoms with Crippen molar-refractivity contribution in [1.82, 2.24) is 14.8 Å². The number of nitrogens with zero attached hydrogens (tertiary/aromatic N) is 3. The number of aromatic hydroxyl groups is 1. The molecule has 0 radical (unpaired) electrons. The average Bonchev–Trinajstić information content (AvgIpc) is 2.68. The van der Waals surface area contributed by atoms with Crippen LogP contribution in [0.1, 0.15) is 6.92 Å². The molecular weight excluding hydrogens is 210 g/mol. The molecule has 78 valence electrons. The highest BCUT2D eigenvalue weighted by Crippen LogP contribution is 2.15. The molecule has 1 aromatic carbocycles. The summed E-state index contributed by atoms with van der Waals surface area (Å²) in [6.07, 6.45) is 1.67. The van der Waals surface area contributed by atoms with Crippen LogP contribution in [0.25, 0.3) is 5.69 Å². The van der Waals surface area contributed by atoms with Gasteiger partial charge in [-0.05, 0) is 30.0 Å². The first-order chi connectivity index (χ1) is 7.29. The van der Waals surface area contributed by atoms with Crippen molar-refractivity contribution in [2.75, 3.05) is 5.75 Å². The average molecular weight is 221 g/mol. The summed E-state index contributed by atoms with van der Waals surface area (Å²) < 4.78 is 1.69. The van der Waals surface area contributed by atoms with Crippen LogP contribution >= 0.6 is 11.8 Å². The lowest BCUT2D eigenvalue weighted by Crippen LogP contribution is -1.93. The standard InChI is InChI=1S/C10H11N3OS/c1-2-15-10-11-7-13(12-10)8-3-5-9(14)6-4-8/h3-7,14H,2H2,1H3. The molecule has 0 unspecified atom stereocenters. The summed E-state index contributed by atoms with van der Waals surface area (Å²) >= 11 is 1.60. The highest BCUT2D eigenvalue weighted by atomic mass is 32.2. The monoisotopic (exact) mass is 221 g/mol. The number of thioether (sulfide) groups is 1. The van der Waals surface area contributed by atoms with Crippen LogP contribution in [-0.4, -0.2) is 25.6 Å². The van der Waals surface area contributed by atoms with Gasteiger partial charge in [0.1, 0.15) is 12.1 Å². The fourth-order valence-corrected chi connectivity index (χ4v) is 1.70. The van der Waals surface area contributed by atoms with Gasteiger partial charge in [0.2, 0.25) is 5.16 Å². The maximum absolute atomic E-state index is 9.14. The largest absolute Gasteiger partial charge is 0.508 e. The first-order valence-corrected chi connectivity index (χ1v) is 5.62. The van der Waals surface area contributed by atoms with Crippen LogP contribution in [0.2, 0.25) is 0 Å². The van der Waals surface area contributed by atoms with Crippen molar-refractivity contribution in [1.29, 1.82) is 0 Å². The molecule has 4 nitrogen and oxygen atoms in total. The lowest BCUT2D eigenvalue weighted by molar-refractivity contribution is 0.475. The molecule has 0 bridgehead atoms. The van der Waals surface area contributed by atoms with Gasteiger partial charge in [-0.15, -0.1) is 5.10 Å². The van der Waals surface area contributed by atoms with Gasteiger partial charge in [-0.25, -0.2) is 9.67 Å². The molecule has 0 aliphatic heterocycles. The third-order valence-corrected chi connectivity index (χ3v) is 2.59. The van der Waals surface area contributed by atoms with Gasteiger partial charge in [0.15, 0.2) is 0 Å². The zero-order chi connectivity index (χ0) is 10.7. The van der Waals surface area contributed by atoms with E-state index in [4.69, 9.17) is 5.11 Å². The van der Waals surface area contributed by atoms with Crippen LogP contribution in [-0.2, 0) is 0 Å². The summed E-state index contributed by atoms with van der Waals surface area (Å²) in [5.41, 5.74) is 0.892. The number of hydrogen-bond donors (Lipinski definition) is 1. The van der Waals surface area contributed by atoms with Crippen molar-refractivity contribution in [3.05, 3.63) is 30.6 Å².